The van der Waals surface area contributed by atoms with Gasteiger partial charge in [-0.2, -0.15) is 0 Å². The minimum Gasteiger partial charge on any atom is -0.316 e. The average molecular weight is 154 g/mol. The van der Waals surface area contributed by atoms with Crippen LogP contribution in [0.2, 0.25) is 0 Å². The van der Waals surface area contributed by atoms with Crippen molar-refractivity contribution in [2.75, 3.05) is 13.1 Å². The van der Waals surface area contributed by atoms with Gasteiger partial charge in [-0.1, -0.05) is 0 Å². The van der Waals surface area contributed by atoms with Crippen molar-refractivity contribution >= 4 is 11.3 Å². The molecule has 1 saturated heterocycles. The van der Waals surface area contributed by atoms with Crippen molar-refractivity contribution in [3.05, 3.63) is 16.6 Å². The van der Waals surface area contributed by atoms with E-state index >= 15 is 0 Å². The van der Waals surface area contributed by atoms with Crippen LogP contribution in [-0.4, -0.2) is 18.1 Å². The summed E-state index contributed by atoms with van der Waals surface area (Å²) in [7, 11) is 0. The molecule has 0 spiro atoms. The molecule has 1 aromatic heterocycles. The Labute approximate surface area is 64.3 Å². The van der Waals surface area contributed by atoms with Crippen LogP contribution in [0.1, 0.15) is 5.69 Å². The van der Waals surface area contributed by atoms with Gasteiger partial charge in [0.2, 0.25) is 0 Å². The zero-order chi connectivity index (χ0) is 6.81. The summed E-state index contributed by atoms with van der Waals surface area (Å²) in [6.07, 6.45) is 1.16. The summed E-state index contributed by atoms with van der Waals surface area (Å²) in [5.74, 6) is 0.849. The van der Waals surface area contributed by atoms with Crippen LogP contribution < -0.4 is 5.32 Å². The molecule has 1 fully saturated rings. The van der Waals surface area contributed by atoms with Crippen molar-refractivity contribution in [2.24, 2.45) is 5.92 Å². The van der Waals surface area contributed by atoms with Crippen LogP contribution >= 0.6 is 11.3 Å². The van der Waals surface area contributed by atoms with E-state index in [2.05, 4.69) is 15.7 Å². The van der Waals surface area contributed by atoms with Crippen LogP contribution in [0, 0.1) is 5.92 Å². The minimum atomic E-state index is 0.849. The molecular formula is C7H10N2S. The molecular weight excluding hydrogens is 144 g/mol. The monoisotopic (exact) mass is 154 g/mol. The molecule has 0 atom stereocenters. The fourth-order valence-corrected chi connectivity index (χ4v) is 1.70. The molecule has 0 unspecified atom stereocenters. The fraction of sp³-hybridized carbons (Fsp3) is 0.571. The maximum Gasteiger partial charge on any atom is 0.0794 e. The van der Waals surface area contributed by atoms with Gasteiger partial charge in [0.05, 0.1) is 11.2 Å². The van der Waals surface area contributed by atoms with Gasteiger partial charge in [0, 0.05) is 5.38 Å². The number of nitrogens with one attached hydrogen (secondary N) is 1. The predicted molar refractivity (Wildman–Crippen MR) is 42.2 cm³/mol. The lowest BCUT2D eigenvalue weighted by Gasteiger charge is -2.26. The first-order chi connectivity index (χ1) is 4.95. The zero-order valence-corrected chi connectivity index (χ0v) is 6.53. The van der Waals surface area contributed by atoms with Gasteiger partial charge in [-0.3, -0.25) is 0 Å². The summed E-state index contributed by atoms with van der Waals surface area (Å²) in [6.45, 7) is 2.36. The summed E-state index contributed by atoms with van der Waals surface area (Å²) in [6, 6.07) is 0. The highest BCUT2D eigenvalue weighted by molar-refractivity contribution is 7.07. The lowest BCUT2D eigenvalue weighted by Crippen LogP contribution is -2.43. The molecule has 3 heteroatoms. The summed E-state index contributed by atoms with van der Waals surface area (Å²) >= 11 is 1.68. The SMILES string of the molecule is c1nc(CC2CNC2)cs1. The number of hydrogen-bond donors (Lipinski definition) is 1. The second kappa shape index (κ2) is 2.68. The van der Waals surface area contributed by atoms with Crippen molar-refractivity contribution in [3.63, 3.8) is 0 Å². The van der Waals surface area contributed by atoms with E-state index < -0.39 is 0 Å². The average Bonchev–Trinajstić information content (AvgIpc) is 2.29. The normalized spacial score (nSPS) is 18.8. The smallest absolute Gasteiger partial charge is 0.0794 e. The molecule has 0 radical (unpaired) electrons. The molecule has 0 aliphatic carbocycles. The van der Waals surface area contributed by atoms with Crippen molar-refractivity contribution in [3.8, 4) is 0 Å². The van der Waals surface area contributed by atoms with Crippen LogP contribution in [0.4, 0.5) is 0 Å². The highest BCUT2D eigenvalue weighted by Gasteiger charge is 2.17. The first kappa shape index (κ1) is 6.31. The van der Waals surface area contributed by atoms with Crippen LogP contribution in [0.15, 0.2) is 10.9 Å². The molecule has 1 aromatic rings. The zero-order valence-electron chi connectivity index (χ0n) is 5.71. The van der Waals surface area contributed by atoms with Crippen LogP contribution in [0.25, 0.3) is 0 Å². The molecule has 2 nitrogen and oxygen atoms in total. The third-order valence-electron chi connectivity index (χ3n) is 1.85. The van der Waals surface area contributed by atoms with Gasteiger partial charge in [-0.25, -0.2) is 4.98 Å². The Kier molecular flexibility index (Phi) is 1.69. The van der Waals surface area contributed by atoms with E-state index in [0.717, 1.165) is 12.3 Å². The largest absolute Gasteiger partial charge is 0.316 e. The second-order valence-corrected chi connectivity index (χ2v) is 3.43. The van der Waals surface area contributed by atoms with Crippen molar-refractivity contribution in [1.82, 2.24) is 10.3 Å². The summed E-state index contributed by atoms with van der Waals surface area (Å²) < 4.78 is 0. The molecule has 1 aliphatic heterocycles. The molecule has 0 saturated carbocycles. The summed E-state index contributed by atoms with van der Waals surface area (Å²) in [5, 5.41) is 5.39. The molecule has 0 bridgehead atoms. The molecule has 1 N–H and O–H groups in total. The minimum absolute atomic E-state index is 0.849. The van der Waals surface area contributed by atoms with E-state index in [0.29, 0.717) is 0 Å². The van der Waals surface area contributed by atoms with Crippen LogP contribution in [0.3, 0.4) is 0 Å². The van der Waals surface area contributed by atoms with E-state index in [1.165, 1.54) is 18.8 Å². The van der Waals surface area contributed by atoms with Gasteiger partial charge in [-0.05, 0) is 25.4 Å². The van der Waals surface area contributed by atoms with E-state index in [1.807, 2.05) is 5.51 Å². The number of nitrogens with zero attached hydrogens (tertiary/aromatic N) is 1. The Morgan fingerprint density at radius 1 is 1.70 bits per heavy atom. The fourth-order valence-electron chi connectivity index (χ4n) is 1.13. The van der Waals surface area contributed by atoms with E-state index in [-0.39, 0.29) is 0 Å². The standard InChI is InChI=1S/C7H10N2S/c1(6-2-8-3-6)7-4-10-5-9-7/h4-6,8H,1-3H2. The third-order valence-corrected chi connectivity index (χ3v) is 2.48. The number of rotatable bonds is 2. The van der Waals surface area contributed by atoms with Gasteiger partial charge in [0.25, 0.3) is 0 Å². The van der Waals surface area contributed by atoms with Gasteiger partial charge < -0.3 is 5.32 Å². The highest BCUT2D eigenvalue weighted by atomic mass is 32.1. The highest BCUT2D eigenvalue weighted by Crippen LogP contribution is 2.11. The lowest BCUT2D eigenvalue weighted by molar-refractivity contribution is 0.344. The number of thiazole rings is 1. The van der Waals surface area contributed by atoms with Crippen molar-refractivity contribution < 1.29 is 0 Å². The van der Waals surface area contributed by atoms with Gasteiger partial charge in [-0.15, -0.1) is 11.3 Å². The lowest BCUT2D eigenvalue weighted by atomic mass is 9.98. The Balaban J connectivity index is 1.90. The number of aromatic nitrogens is 1. The van der Waals surface area contributed by atoms with Gasteiger partial charge in [0.1, 0.15) is 0 Å². The molecule has 1 aliphatic rings. The third kappa shape index (κ3) is 1.20. The van der Waals surface area contributed by atoms with Gasteiger partial charge >= 0.3 is 0 Å². The topological polar surface area (TPSA) is 24.9 Å². The second-order valence-electron chi connectivity index (χ2n) is 2.71. The molecule has 0 amide bonds. The summed E-state index contributed by atoms with van der Waals surface area (Å²) in [5.41, 5.74) is 3.16. The van der Waals surface area contributed by atoms with Crippen LogP contribution in [-0.2, 0) is 6.42 Å². The Bertz CT molecular complexity index is 191. The van der Waals surface area contributed by atoms with Gasteiger partial charge in [0.15, 0.2) is 0 Å². The predicted octanol–water partition coefficient (Wildman–Crippen LogP) is 0.905. The molecule has 0 aromatic carbocycles. The quantitative estimate of drug-likeness (QED) is 0.684. The maximum absolute atomic E-state index is 4.23. The van der Waals surface area contributed by atoms with E-state index in [9.17, 15) is 0 Å². The maximum atomic E-state index is 4.23. The first-order valence-corrected chi connectivity index (χ1v) is 4.47. The number of hydrogen-bond acceptors (Lipinski definition) is 3. The van der Waals surface area contributed by atoms with Crippen LogP contribution in [0.5, 0.6) is 0 Å². The van der Waals surface area contributed by atoms with Crippen molar-refractivity contribution in [1.29, 1.82) is 0 Å². The molecule has 54 valence electrons. The van der Waals surface area contributed by atoms with E-state index in [4.69, 9.17) is 0 Å². The summed E-state index contributed by atoms with van der Waals surface area (Å²) in [4.78, 5) is 4.23. The Hall–Kier alpha value is -0.410. The Morgan fingerprint density at radius 3 is 3.10 bits per heavy atom. The molecule has 10 heavy (non-hydrogen) atoms. The molecule has 2 rings (SSSR count). The Morgan fingerprint density at radius 2 is 2.60 bits per heavy atom. The van der Waals surface area contributed by atoms with Crippen molar-refractivity contribution in [2.45, 2.75) is 6.42 Å². The van der Waals surface area contributed by atoms with E-state index in [1.54, 1.807) is 11.3 Å². The molecule has 2 heterocycles. The first-order valence-electron chi connectivity index (χ1n) is 3.53.